The summed E-state index contributed by atoms with van der Waals surface area (Å²) in [4.78, 5) is 25.0. The minimum atomic E-state index is -1.26. The molecule has 0 aromatic heterocycles. The average molecular weight is 413 g/mol. The van der Waals surface area contributed by atoms with E-state index >= 15 is 0 Å². The predicted molar refractivity (Wildman–Crippen MR) is 100.0 cm³/mol. The lowest BCUT2D eigenvalue weighted by atomic mass is 9.85. The van der Waals surface area contributed by atoms with Gasteiger partial charge >= 0.3 is 11.9 Å². The molecule has 0 spiro atoms. The van der Waals surface area contributed by atoms with Crippen molar-refractivity contribution in [2.75, 3.05) is 0 Å². The maximum Gasteiger partial charge on any atom is 0.325 e. The summed E-state index contributed by atoms with van der Waals surface area (Å²) in [6.45, 7) is 3.06. The van der Waals surface area contributed by atoms with Crippen LogP contribution in [0.25, 0.3) is 0 Å². The lowest BCUT2D eigenvalue weighted by molar-refractivity contribution is -0.240. The molecule has 0 amide bonds. The zero-order chi connectivity index (χ0) is 18.7. The second-order valence-corrected chi connectivity index (χ2v) is 7.30. The minimum Gasteiger partial charge on any atom is -0.422 e. The number of halogens is 1. The van der Waals surface area contributed by atoms with Crippen LogP contribution in [-0.2, 0) is 19.1 Å². The zero-order valence-electron chi connectivity index (χ0n) is 14.4. The van der Waals surface area contributed by atoms with Crippen LogP contribution in [0, 0.1) is 17.8 Å². The van der Waals surface area contributed by atoms with Crippen LogP contribution in [0.2, 0.25) is 0 Å². The van der Waals surface area contributed by atoms with Gasteiger partial charge in [-0.15, -0.1) is 0 Å². The molecule has 3 rings (SSSR count). The highest BCUT2D eigenvalue weighted by molar-refractivity contribution is 9.10. The highest BCUT2D eigenvalue weighted by Crippen LogP contribution is 2.33. The summed E-state index contributed by atoms with van der Waals surface area (Å²) in [7, 11) is 0. The van der Waals surface area contributed by atoms with Crippen LogP contribution in [0.1, 0.15) is 30.9 Å². The Morgan fingerprint density at radius 1 is 0.962 bits per heavy atom. The molecule has 2 aromatic rings. The van der Waals surface area contributed by atoms with Crippen LogP contribution >= 0.6 is 15.9 Å². The van der Waals surface area contributed by atoms with Crippen LogP contribution in [-0.4, -0.2) is 17.7 Å². The molecule has 0 radical (unpaired) electrons. The molecule has 1 heterocycles. The van der Waals surface area contributed by atoms with E-state index < -0.39 is 29.6 Å². The molecule has 1 aliphatic rings. The summed E-state index contributed by atoms with van der Waals surface area (Å²) >= 11 is 3.38. The molecule has 0 saturated carbocycles. The van der Waals surface area contributed by atoms with Crippen molar-refractivity contribution in [3.63, 3.8) is 0 Å². The third kappa shape index (κ3) is 4.14. The van der Waals surface area contributed by atoms with E-state index in [2.05, 4.69) is 27.8 Å². The fraction of sp³-hybridized carbons (Fsp3) is 0.238. The Labute approximate surface area is 160 Å². The predicted octanol–water partition coefficient (Wildman–Crippen LogP) is 4.04. The van der Waals surface area contributed by atoms with E-state index in [1.54, 1.807) is 0 Å². The molecule has 0 N–H and O–H groups in total. The first-order valence-electron chi connectivity index (χ1n) is 8.13. The number of hydrogen-bond donors (Lipinski definition) is 0. The van der Waals surface area contributed by atoms with E-state index in [-0.39, 0.29) is 0 Å². The molecule has 2 aromatic carbocycles. The van der Waals surface area contributed by atoms with Crippen LogP contribution in [0.4, 0.5) is 0 Å². The molecule has 1 unspecified atom stereocenters. The van der Waals surface area contributed by atoms with E-state index in [0.717, 1.165) is 15.6 Å². The van der Waals surface area contributed by atoms with Crippen molar-refractivity contribution in [1.82, 2.24) is 0 Å². The normalized spacial score (nSPS) is 17.5. The Hall–Kier alpha value is -2.58. The van der Waals surface area contributed by atoms with Crippen molar-refractivity contribution in [2.24, 2.45) is 5.92 Å². The summed E-state index contributed by atoms with van der Waals surface area (Å²) in [5.41, 5.74) is 1.54. The zero-order valence-corrected chi connectivity index (χ0v) is 15.9. The Balaban J connectivity index is 1.99. The number of carbonyl (C=O) groups is 2. The topological polar surface area (TPSA) is 52.6 Å². The highest BCUT2D eigenvalue weighted by atomic mass is 79.9. The third-order valence-corrected chi connectivity index (χ3v) is 4.44. The third-order valence-electron chi connectivity index (χ3n) is 3.91. The van der Waals surface area contributed by atoms with Crippen molar-refractivity contribution in [2.45, 2.75) is 25.6 Å². The summed E-state index contributed by atoms with van der Waals surface area (Å²) in [6, 6.07) is 16.7. The first-order chi connectivity index (χ1) is 12.4. The molecule has 132 valence electrons. The van der Waals surface area contributed by atoms with Crippen molar-refractivity contribution >= 4 is 27.9 Å². The van der Waals surface area contributed by atoms with Gasteiger partial charge in [0.1, 0.15) is 0 Å². The highest BCUT2D eigenvalue weighted by Gasteiger charge is 2.47. The van der Waals surface area contributed by atoms with Gasteiger partial charge in [0.05, 0.1) is 5.92 Å². The number of rotatable bonds is 2. The molecule has 1 aliphatic heterocycles. The summed E-state index contributed by atoms with van der Waals surface area (Å²) in [5.74, 6) is 1.83. The van der Waals surface area contributed by atoms with E-state index in [1.165, 1.54) is 13.8 Å². The van der Waals surface area contributed by atoms with Gasteiger partial charge in [0.2, 0.25) is 0 Å². The van der Waals surface area contributed by atoms with Gasteiger partial charge in [-0.2, -0.15) is 0 Å². The van der Waals surface area contributed by atoms with Crippen LogP contribution in [0.15, 0.2) is 59.1 Å². The van der Waals surface area contributed by atoms with E-state index in [4.69, 9.17) is 9.47 Å². The van der Waals surface area contributed by atoms with Crippen molar-refractivity contribution in [1.29, 1.82) is 0 Å². The van der Waals surface area contributed by atoms with Gasteiger partial charge in [0.25, 0.3) is 5.79 Å². The SMILES string of the molecule is CC1(C)OC(=O)C(C(C#Cc2ccc(Br)cc2)c2ccccc2)C(=O)O1. The smallest absolute Gasteiger partial charge is 0.325 e. The maximum atomic E-state index is 12.5. The first kappa shape index (κ1) is 18.2. The van der Waals surface area contributed by atoms with Gasteiger partial charge in [-0.25, -0.2) is 0 Å². The molecule has 0 bridgehead atoms. The van der Waals surface area contributed by atoms with Gasteiger partial charge in [-0.1, -0.05) is 58.1 Å². The number of benzene rings is 2. The van der Waals surface area contributed by atoms with Crippen LogP contribution in [0.5, 0.6) is 0 Å². The fourth-order valence-electron chi connectivity index (χ4n) is 2.71. The van der Waals surface area contributed by atoms with E-state index in [1.807, 2.05) is 54.6 Å². The van der Waals surface area contributed by atoms with Crippen LogP contribution in [0.3, 0.4) is 0 Å². The molecule has 1 atom stereocenters. The molecule has 26 heavy (non-hydrogen) atoms. The largest absolute Gasteiger partial charge is 0.422 e. The van der Waals surface area contributed by atoms with Gasteiger partial charge in [-0.3, -0.25) is 9.59 Å². The van der Waals surface area contributed by atoms with Gasteiger partial charge in [0.15, 0.2) is 5.92 Å². The van der Waals surface area contributed by atoms with Gasteiger partial charge in [-0.05, 0) is 29.8 Å². The van der Waals surface area contributed by atoms with Crippen molar-refractivity contribution in [3.05, 3.63) is 70.2 Å². The van der Waals surface area contributed by atoms with Gasteiger partial charge in [0, 0.05) is 23.9 Å². The Morgan fingerprint density at radius 3 is 2.12 bits per heavy atom. The van der Waals surface area contributed by atoms with E-state index in [0.29, 0.717) is 0 Å². The molecule has 0 aliphatic carbocycles. The quantitative estimate of drug-likeness (QED) is 0.424. The summed E-state index contributed by atoms with van der Waals surface area (Å²) in [5, 5.41) is 0. The standard InChI is InChI=1S/C21H17BrO4/c1-21(2)25-19(23)18(20(24)26-21)17(15-6-4-3-5-7-15)13-10-14-8-11-16(22)12-9-14/h3-9,11-12,17-18H,1-2H3. The molecule has 1 saturated heterocycles. The number of esters is 2. The first-order valence-corrected chi connectivity index (χ1v) is 8.93. The average Bonchev–Trinajstić information content (AvgIpc) is 2.58. The molecule has 5 heteroatoms. The molecular weight excluding hydrogens is 396 g/mol. The Morgan fingerprint density at radius 2 is 1.54 bits per heavy atom. The number of ether oxygens (including phenoxy) is 2. The fourth-order valence-corrected chi connectivity index (χ4v) is 2.98. The van der Waals surface area contributed by atoms with Crippen LogP contribution < -0.4 is 0 Å². The van der Waals surface area contributed by atoms with Crippen molar-refractivity contribution < 1.29 is 19.1 Å². The molecule has 1 fully saturated rings. The minimum absolute atomic E-state index is 0.620. The number of hydrogen-bond acceptors (Lipinski definition) is 4. The Kier molecular flexibility index (Phi) is 5.15. The second kappa shape index (κ2) is 7.35. The lowest BCUT2D eigenvalue weighted by Gasteiger charge is -2.34. The van der Waals surface area contributed by atoms with Crippen molar-refractivity contribution in [3.8, 4) is 11.8 Å². The molecule has 4 nitrogen and oxygen atoms in total. The monoisotopic (exact) mass is 412 g/mol. The lowest BCUT2D eigenvalue weighted by Crippen LogP contribution is -2.48. The summed E-state index contributed by atoms with van der Waals surface area (Å²) < 4.78 is 11.5. The summed E-state index contributed by atoms with van der Waals surface area (Å²) in [6.07, 6.45) is 0. The second-order valence-electron chi connectivity index (χ2n) is 6.38. The Bertz CT molecular complexity index is 856. The molecular formula is C21H17BrO4. The number of carbonyl (C=O) groups excluding carboxylic acids is 2. The van der Waals surface area contributed by atoms with Gasteiger partial charge < -0.3 is 9.47 Å². The number of cyclic esters (lactones) is 2. The maximum absolute atomic E-state index is 12.5. The van der Waals surface area contributed by atoms with E-state index in [9.17, 15) is 9.59 Å².